The highest BCUT2D eigenvalue weighted by Gasteiger charge is 2.23. The maximum Gasteiger partial charge on any atom is 0.335 e. The summed E-state index contributed by atoms with van der Waals surface area (Å²) in [4.78, 5) is 31.5. The number of benzene rings is 2. The van der Waals surface area contributed by atoms with Gasteiger partial charge in [-0.25, -0.2) is 4.79 Å². The molecular weight excluding hydrogens is 280 g/mol. The molecule has 21 heavy (non-hydrogen) atoms. The van der Waals surface area contributed by atoms with Crippen LogP contribution in [0, 0.1) is 20.2 Å². The highest BCUT2D eigenvalue weighted by atomic mass is 16.6. The summed E-state index contributed by atoms with van der Waals surface area (Å²) in [5.41, 5.74) is -0.986. The third kappa shape index (κ3) is 2.68. The Kier molecular flexibility index (Phi) is 3.61. The molecule has 0 aliphatic rings. The molecule has 0 heterocycles. The van der Waals surface area contributed by atoms with Gasteiger partial charge in [0.15, 0.2) is 0 Å². The molecule has 2 aromatic rings. The Balaban J connectivity index is 2.72. The zero-order chi connectivity index (χ0) is 15.6. The van der Waals surface area contributed by atoms with Crippen molar-refractivity contribution in [3.05, 3.63) is 68.3 Å². The molecule has 0 radical (unpaired) electrons. The first-order valence-electron chi connectivity index (χ1n) is 5.67. The van der Waals surface area contributed by atoms with Gasteiger partial charge in [-0.1, -0.05) is 12.1 Å². The lowest BCUT2D eigenvalue weighted by atomic mass is 10.00. The van der Waals surface area contributed by atoms with Crippen molar-refractivity contribution in [2.45, 2.75) is 0 Å². The third-order valence-electron chi connectivity index (χ3n) is 2.83. The topological polar surface area (TPSA) is 124 Å². The zero-order valence-corrected chi connectivity index (χ0v) is 10.4. The van der Waals surface area contributed by atoms with E-state index in [1.807, 2.05) is 0 Å². The summed E-state index contributed by atoms with van der Waals surface area (Å²) in [5, 5.41) is 31.0. The zero-order valence-electron chi connectivity index (χ0n) is 10.4. The van der Waals surface area contributed by atoms with E-state index in [0.717, 1.165) is 6.07 Å². The van der Waals surface area contributed by atoms with Gasteiger partial charge in [0.2, 0.25) is 0 Å². The third-order valence-corrected chi connectivity index (χ3v) is 2.83. The number of hydrogen-bond acceptors (Lipinski definition) is 5. The lowest BCUT2D eigenvalue weighted by Crippen LogP contribution is -2.00. The number of aromatic carboxylic acids is 1. The molecule has 0 amide bonds. The average Bonchev–Trinajstić information content (AvgIpc) is 2.46. The van der Waals surface area contributed by atoms with Crippen molar-refractivity contribution >= 4 is 17.3 Å². The van der Waals surface area contributed by atoms with E-state index < -0.39 is 21.5 Å². The summed E-state index contributed by atoms with van der Waals surface area (Å²) in [5.74, 6) is -1.31. The van der Waals surface area contributed by atoms with Crippen LogP contribution in [-0.4, -0.2) is 20.9 Å². The Bertz CT molecular complexity index is 756. The van der Waals surface area contributed by atoms with E-state index in [1.54, 1.807) is 0 Å². The van der Waals surface area contributed by atoms with Crippen molar-refractivity contribution in [1.82, 2.24) is 0 Å². The second kappa shape index (κ2) is 5.37. The van der Waals surface area contributed by atoms with E-state index in [9.17, 15) is 25.0 Å². The molecule has 0 atom stereocenters. The van der Waals surface area contributed by atoms with Crippen molar-refractivity contribution in [2.75, 3.05) is 0 Å². The lowest BCUT2D eigenvalue weighted by molar-refractivity contribution is -0.386. The van der Waals surface area contributed by atoms with E-state index in [2.05, 4.69) is 0 Å². The van der Waals surface area contributed by atoms with E-state index in [0.29, 0.717) is 0 Å². The van der Waals surface area contributed by atoms with Gasteiger partial charge in [-0.15, -0.1) is 0 Å². The maximum atomic E-state index is 11.1. The molecule has 0 aliphatic heterocycles. The van der Waals surface area contributed by atoms with Crippen LogP contribution in [0.3, 0.4) is 0 Å². The molecule has 1 N–H and O–H groups in total. The first-order valence-corrected chi connectivity index (χ1v) is 5.67. The van der Waals surface area contributed by atoms with Crippen LogP contribution >= 0.6 is 0 Å². The number of nitro groups is 2. The van der Waals surface area contributed by atoms with Gasteiger partial charge in [0.05, 0.1) is 26.5 Å². The summed E-state index contributed by atoms with van der Waals surface area (Å²) in [6.07, 6.45) is 0. The van der Waals surface area contributed by atoms with Gasteiger partial charge < -0.3 is 5.11 Å². The van der Waals surface area contributed by atoms with Crippen LogP contribution in [-0.2, 0) is 0 Å². The minimum Gasteiger partial charge on any atom is -0.478 e. The molecule has 0 aliphatic carbocycles. The Hall–Kier alpha value is -3.29. The number of para-hydroxylation sites is 1. The van der Waals surface area contributed by atoms with Crippen LogP contribution in [0.25, 0.3) is 11.1 Å². The molecule has 0 fully saturated rings. The number of nitrogens with zero attached hydrogens (tertiary/aromatic N) is 2. The van der Waals surface area contributed by atoms with Crippen LogP contribution < -0.4 is 0 Å². The Morgan fingerprint density at radius 2 is 1.48 bits per heavy atom. The first kappa shape index (κ1) is 14.1. The molecule has 0 saturated carbocycles. The Labute approximate surface area is 117 Å². The van der Waals surface area contributed by atoms with Crippen LogP contribution in [0.5, 0.6) is 0 Å². The normalized spacial score (nSPS) is 10.1. The summed E-state index contributed by atoms with van der Waals surface area (Å²) >= 11 is 0. The van der Waals surface area contributed by atoms with Crippen LogP contribution in [0.4, 0.5) is 11.4 Å². The first-order chi connectivity index (χ1) is 9.91. The van der Waals surface area contributed by atoms with Crippen molar-refractivity contribution in [1.29, 1.82) is 0 Å². The number of nitro benzene ring substituents is 2. The largest absolute Gasteiger partial charge is 0.478 e. The molecule has 0 aromatic heterocycles. The summed E-state index contributed by atoms with van der Waals surface area (Å²) in [7, 11) is 0. The number of rotatable bonds is 4. The van der Waals surface area contributed by atoms with E-state index in [4.69, 9.17) is 5.11 Å². The summed E-state index contributed by atoms with van der Waals surface area (Å²) in [6.45, 7) is 0. The van der Waals surface area contributed by atoms with E-state index in [1.165, 1.54) is 36.4 Å². The molecule has 0 bridgehead atoms. The molecule has 2 rings (SSSR count). The van der Waals surface area contributed by atoms with Gasteiger partial charge in [-0.3, -0.25) is 20.2 Å². The van der Waals surface area contributed by atoms with Crippen LogP contribution in [0.2, 0.25) is 0 Å². The summed E-state index contributed by atoms with van der Waals surface area (Å²) in [6, 6.07) is 8.81. The second-order valence-electron chi connectivity index (χ2n) is 4.07. The molecular formula is C13H8N2O6. The number of carbonyl (C=O) groups is 1. The van der Waals surface area contributed by atoms with Crippen molar-refractivity contribution < 1.29 is 19.7 Å². The Morgan fingerprint density at radius 3 is 2.05 bits per heavy atom. The number of carboxylic acid groups (broad SMARTS) is 1. The smallest absolute Gasteiger partial charge is 0.335 e. The molecule has 0 spiro atoms. The molecule has 2 aromatic carbocycles. The van der Waals surface area contributed by atoms with E-state index >= 15 is 0 Å². The van der Waals surface area contributed by atoms with Gasteiger partial charge in [0, 0.05) is 12.1 Å². The van der Waals surface area contributed by atoms with Gasteiger partial charge in [0.25, 0.3) is 11.4 Å². The fourth-order valence-corrected chi connectivity index (χ4v) is 1.90. The van der Waals surface area contributed by atoms with Gasteiger partial charge in [-0.05, 0) is 18.2 Å². The van der Waals surface area contributed by atoms with Crippen molar-refractivity contribution in [3.8, 4) is 11.1 Å². The fourth-order valence-electron chi connectivity index (χ4n) is 1.90. The highest BCUT2D eigenvalue weighted by Crippen LogP contribution is 2.36. The van der Waals surface area contributed by atoms with Crippen molar-refractivity contribution in [3.63, 3.8) is 0 Å². The number of hydrogen-bond donors (Lipinski definition) is 1. The SMILES string of the molecule is O=C(O)c1ccc(-c2ccccc2[N+](=O)[O-])c([N+](=O)[O-])c1. The second-order valence-corrected chi connectivity index (χ2v) is 4.07. The van der Waals surface area contributed by atoms with Gasteiger partial charge >= 0.3 is 5.97 Å². The monoisotopic (exact) mass is 288 g/mol. The molecule has 106 valence electrons. The average molecular weight is 288 g/mol. The van der Waals surface area contributed by atoms with Crippen LogP contribution in [0.1, 0.15) is 10.4 Å². The minimum atomic E-state index is -1.31. The maximum absolute atomic E-state index is 11.1. The van der Waals surface area contributed by atoms with Gasteiger partial charge in [-0.2, -0.15) is 0 Å². The lowest BCUT2D eigenvalue weighted by Gasteiger charge is -2.05. The fraction of sp³-hybridized carbons (Fsp3) is 0. The standard InChI is InChI=1S/C13H8N2O6/c16-13(17)8-5-6-10(12(7-8)15(20)21)9-3-1-2-4-11(9)14(18)19/h1-7H,(H,16,17). The van der Waals surface area contributed by atoms with Crippen molar-refractivity contribution in [2.24, 2.45) is 0 Å². The molecule has 0 saturated heterocycles. The predicted molar refractivity (Wildman–Crippen MR) is 72.1 cm³/mol. The van der Waals surface area contributed by atoms with E-state index in [-0.39, 0.29) is 22.4 Å². The predicted octanol–water partition coefficient (Wildman–Crippen LogP) is 2.87. The quantitative estimate of drug-likeness (QED) is 0.681. The molecule has 8 heteroatoms. The van der Waals surface area contributed by atoms with Crippen LogP contribution in [0.15, 0.2) is 42.5 Å². The molecule has 8 nitrogen and oxygen atoms in total. The highest BCUT2D eigenvalue weighted by molar-refractivity contribution is 5.91. The molecule has 0 unspecified atom stereocenters. The minimum absolute atomic E-state index is 0.00250. The Morgan fingerprint density at radius 1 is 0.905 bits per heavy atom. The van der Waals surface area contributed by atoms with Gasteiger partial charge in [0.1, 0.15) is 0 Å². The number of carboxylic acids is 1. The summed E-state index contributed by atoms with van der Waals surface area (Å²) < 4.78 is 0.